The quantitative estimate of drug-likeness (QED) is 0.885. The summed E-state index contributed by atoms with van der Waals surface area (Å²) < 4.78 is 5.52. The van der Waals surface area contributed by atoms with E-state index < -0.39 is 0 Å². The van der Waals surface area contributed by atoms with Crippen LogP contribution < -0.4 is 5.32 Å². The molecule has 90 valence electrons. The number of hydrogen-bond acceptors (Lipinski definition) is 5. The third-order valence-corrected chi connectivity index (χ3v) is 2.25. The van der Waals surface area contributed by atoms with E-state index in [1.165, 1.54) is 0 Å². The average Bonchev–Trinajstić information content (AvgIpc) is 2.19. The van der Waals surface area contributed by atoms with Crippen molar-refractivity contribution in [3.63, 3.8) is 0 Å². The number of rotatable bonds is 5. The topological polar surface area (TPSA) is 59.9 Å². The van der Waals surface area contributed by atoms with E-state index in [0.717, 1.165) is 0 Å². The maximum absolute atomic E-state index is 5.80. The molecule has 1 N–H and O–H groups in total. The van der Waals surface area contributed by atoms with Gasteiger partial charge in [-0.1, -0.05) is 11.6 Å². The molecule has 0 unspecified atom stereocenters. The van der Waals surface area contributed by atoms with E-state index in [1.807, 2.05) is 20.8 Å². The molecule has 0 aliphatic carbocycles. The van der Waals surface area contributed by atoms with E-state index in [4.69, 9.17) is 27.9 Å². The van der Waals surface area contributed by atoms with E-state index in [1.54, 1.807) is 0 Å². The van der Waals surface area contributed by atoms with Crippen molar-refractivity contribution in [2.75, 3.05) is 18.5 Å². The summed E-state index contributed by atoms with van der Waals surface area (Å²) in [7, 11) is 0. The lowest BCUT2D eigenvalue weighted by Crippen LogP contribution is -2.33. The van der Waals surface area contributed by atoms with Crippen LogP contribution in [0.2, 0.25) is 10.4 Å². The molecule has 0 spiro atoms. The predicted molar refractivity (Wildman–Crippen MR) is 64.0 cm³/mol. The van der Waals surface area contributed by atoms with Gasteiger partial charge in [0.15, 0.2) is 11.0 Å². The van der Waals surface area contributed by atoms with E-state index in [2.05, 4.69) is 20.5 Å². The smallest absolute Gasteiger partial charge is 0.245 e. The Hall–Kier alpha value is -0.650. The number of nitrogens with zero attached hydrogens (tertiary/aromatic N) is 3. The second-order valence-corrected chi connectivity index (χ2v) is 4.46. The Bertz CT molecular complexity index is 359. The number of ether oxygens (including phenoxy) is 1. The van der Waals surface area contributed by atoms with E-state index >= 15 is 0 Å². The predicted octanol–water partition coefficient (Wildman–Crippen LogP) is 2.41. The highest BCUT2D eigenvalue weighted by atomic mass is 35.5. The van der Waals surface area contributed by atoms with Crippen LogP contribution in [-0.4, -0.2) is 33.9 Å². The Morgan fingerprint density at radius 2 is 2.00 bits per heavy atom. The second-order valence-electron chi connectivity index (χ2n) is 3.77. The third-order valence-electron chi connectivity index (χ3n) is 1.84. The lowest BCUT2D eigenvalue weighted by molar-refractivity contribution is 0.000638. The largest absolute Gasteiger partial charge is 0.374 e. The zero-order valence-corrected chi connectivity index (χ0v) is 10.9. The van der Waals surface area contributed by atoms with Gasteiger partial charge in [-0.25, -0.2) is 0 Å². The first kappa shape index (κ1) is 13.4. The van der Waals surface area contributed by atoms with Gasteiger partial charge in [-0.05, 0) is 32.4 Å². The standard InChI is InChI=1S/C9H14Cl2N4O/c1-4-16-9(2,3)5-12-7-6(10)14-15-8(11)13-7/h4-5H2,1-3H3,(H,12,13,15). The van der Waals surface area contributed by atoms with E-state index in [-0.39, 0.29) is 16.0 Å². The van der Waals surface area contributed by atoms with Crippen LogP contribution in [0.1, 0.15) is 20.8 Å². The molecule has 0 radical (unpaired) electrons. The molecule has 0 saturated carbocycles. The maximum Gasteiger partial charge on any atom is 0.245 e. The highest BCUT2D eigenvalue weighted by Gasteiger charge is 2.18. The number of nitrogens with one attached hydrogen (secondary N) is 1. The molecule has 0 aliphatic rings. The van der Waals surface area contributed by atoms with Crippen molar-refractivity contribution in [2.45, 2.75) is 26.4 Å². The summed E-state index contributed by atoms with van der Waals surface area (Å²) in [6.45, 7) is 7.07. The molecule has 7 heteroatoms. The van der Waals surface area contributed by atoms with Crippen LogP contribution in [0.5, 0.6) is 0 Å². The molecule has 5 nitrogen and oxygen atoms in total. The number of halogens is 2. The zero-order chi connectivity index (χ0) is 12.2. The monoisotopic (exact) mass is 264 g/mol. The van der Waals surface area contributed by atoms with Crippen LogP contribution in [0, 0.1) is 0 Å². The first-order chi connectivity index (χ1) is 7.44. The number of hydrogen-bond donors (Lipinski definition) is 1. The third kappa shape index (κ3) is 4.08. The van der Waals surface area contributed by atoms with Crippen molar-refractivity contribution >= 4 is 29.0 Å². The molecule has 0 aromatic carbocycles. The molecule has 1 aromatic rings. The second kappa shape index (κ2) is 5.61. The Labute approximate surface area is 105 Å². The lowest BCUT2D eigenvalue weighted by atomic mass is 10.1. The van der Waals surface area contributed by atoms with Gasteiger partial charge in [0.1, 0.15) is 0 Å². The summed E-state index contributed by atoms with van der Waals surface area (Å²) in [5, 5.41) is 10.4. The fraction of sp³-hybridized carbons (Fsp3) is 0.667. The van der Waals surface area contributed by atoms with Crippen LogP contribution in [0.3, 0.4) is 0 Å². The van der Waals surface area contributed by atoms with Gasteiger partial charge in [-0.15, -0.1) is 10.2 Å². The lowest BCUT2D eigenvalue weighted by Gasteiger charge is -2.25. The Kier molecular flexibility index (Phi) is 4.70. The van der Waals surface area contributed by atoms with Gasteiger partial charge in [0.25, 0.3) is 0 Å². The Morgan fingerprint density at radius 1 is 1.31 bits per heavy atom. The van der Waals surface area contributed by atoms with Crippen LogP contribution >= 0.6 is 23.2 Å². The fourth-order valence-corrected chi connectivity index (χ4v) is 1.41. The molecule has 0 aliphatic heterocycles. The fourth-order valence-electron chi connectivity index (χ4n) is 1.14. The summed E-state index contributed by atoms with van der Waals surface area (Å²) in [6.07, 6.45) is 0. The molecule has 0 bridgehead atoms. The molecule has 16 heavy (non-hydrogen) atoms. The molecule has 1 heterocycles. The van der Waals surface area contributed by atoms with Gasteiger partial charge in [0.2, 0.25) is 5.28 Å². The van der Waals surface area contributed by atoms with Crippen molar-refractivity contribution in [3.8, 4) is 0 Å². The van der Waals surface area contributed by atoms with Gasteiger partial charge in [0.05, 0.1) is 5.60 Å². The molecular weight excluding hydrogens is 251 g/mol. The molecule has 1 rings (SSSR count). The van der Waals surface area contributed by atoms with Crippen molar-refractivity contribution in [3.05, 3.63) is 10.4 Å². The van der Waals surface area contributed by atoms with Gasteiger partial charge >= 0.3 is 0 Å². The van der Waals surface area contributed by atoms with E-state index in [0.29, 0.717) is 19.0 Å². The van der Waals surface area contributed by atoms with Crippen LogP contribution in [0.4, 0.5) is 5.82 Å². The SMILES string of the molecule is CCOC(C)(C)CNc1nc(Cl)nnc1Cl. The zero-order valence-electron chi connectivity index (χ0n) is 9.42. The number of aromatic nitrogens is 3. The van der Waals surface area contributed by atoms with Crippen LogP contribution in [-0.2, 0) is 4.74 Å². The summed E-state index contributed by atoms with van der Waals surface area (Å²) >= 11 is 11.4. The highest BCUT2D eigenvalue weighted by molar-refractivity contribution is 6.32. The van der Waals surface area contributed by atoms with Crippen molar-refractivity contribution < 1.29 is 4.74 Å². The minimum atomic E-state index is -0.310. The normalized spacial score (nSPS) is 11.6. The summed E-state index contributed by atoms with van der Waals surface area (Å²) in [5.41, 5.74) is -0.310. The first-order valence-electron chi connectivity index (χ1n) is 4.88. The summed E-state index contributed by atoms with van der Waals surface area (Å²) in [6, 6.07) is 0. The first-order valence-corrected chi connectivity index (χ1v) is 5.64. The Balaban J connectivity index is 2.63. The van der Waals surface area contributed by atoms with Gasteiger partial charge in [0, 0.05) is 13.2 Å². The molecular formula is C9H14Cl2N4O. The van der Waals surface area contributed by atoms with Crippen molar-refractivity contribution in [1.82, 2.24) is 15.2 Å². The maximum atomic E-state index is 5.80. The van der Waals surface area contributed by atoms with Crippen LogP contribution in [0.15, 0.2) is 0 Å². The minimum Gasteiger partial charge on any atom is -0.374 e. The molecule has 0 fully saturated rings. The molecule has 0 saturated heterocycles. The van der Waals surface area contributed by atoms with Gasteiger partial charge in [-0.2, -0.15) is 4.98 Å². The summed E-state index contributed by atoms with van der Waals surface area (Å²) in [5.74, 6) is 0.412. The molecule has 1 aromatic heterocycles. The van der Waals surface area contributed by atoms with Crippen molar-refractivity contribution in [2.24, 2.45) is 0 Å². The van der Waals surface area contributed by atoms with Crippen LogP contribution in [0.25, 0.3) is 0 Å². The minimum absolute atomic E-state index is 0.0566. The highest BCUT2D eigenvalue weighted by Crippen LogP contribution is 2.18. The molecule has 0 atom stereocenters. The molecule has 0 amide bonds. The Morgan fingerprint density at radius 3 is 2.62 bits per heavy atom. The van der Waals surface area contributed by atoms with Gasteiger partial charge < -0.3 is 10.1 Å². The van der Waals surface area contributed by atoms with E-state index in [9.17, 15) is 0 Å². The number of anilines is 1. The van der Waals surface area contributed by atoms with Gasteiger partial charge in [-0.3, -0.25) is 0 Å². The average molecular weight is 265 g/mol. The summed E-state index contributed by atoms with van der Waals surface area (Å²) in [4.78, 5) is 3.93. The van der Waals surface area contributed by atoms with Crippen molar-refractivity contribution in [1.29, 1.82) is 0 Å².